The fraction of sp³-hybridized carbons (Fsp3) is 0.583. The lowest BCUT2D eigenvalue weighted by Gasteiger charge is -2.20. The molecule has 31 heavy (non-hydrogen) atoms. The van der Waals surface area contributed by atoms with E-state index in [0.29, 0.717) is 12.4 Å². The van der Waals surface area contributed by atoms with E-state index in [1.807, 2.05) is 51.4 Å². The highest BCUT2D eigenvalue weighted by atomic mass is 28.3. The van der Waals surface area contributed by atoms with E-state index in [0.717, 1.165) is 30.3 Å². The van der Waals surface area contributed by atoms with Crippen molar-refractivity contribution >= 4 is 19.9 Å². The second kappa shape index (κ2) is 10.5. The van der Waals surface area contributed by atoms with Crippen LogP contribution in [0.4, 0.5) is 10.5 Å². The molecule has 7 heteroatoms. The Balaban J connectivity index is 2.08. The Bertz CT molecular complexity index is 848. The smallest absolute Gasteiger partial charge is 0.412 e. The highest BCUT2D eigenvalue weighted by molar-refractivity contribution is 6.76. The van der Waals surface area contributed by atoms with Crippen molar-refractivity contribution in [1.29, 1.82) is 0 Å². The van der Waals surface area contributed by atoms with Crippen LogP contribution in [0.2, 0.25) is 25.7 Å². The summed E-state index contributed by atoms with van der Waals surface area (Å²) >= 11 is 0. The average Bonchev–Trinajstić information content (AvgIpc) is 3.06. The molecule has 0 saturated carbocycles. The first-order valence-corrected chi connectivity index (χ1v) is 14.8. The standard InChI is InChI=1S/C24H39N3O3Si/c1-9-21-22(27(16-25-21)17-29-14-15-31(6,7)8)18(2)19-10-12-20(13-11-19)26-23(28)30-24(3,4)5/h10-13,16,18H,9,14-15,17H2,1-8H3,(H,26,28)/t18-/m0/s1. The van der Waals surface area contributed by atoms with Gasteiger partial charge in [-0.15, -0.1) is 0 Å². The van der Waals surface area contributed by atoms with Crippen LogP contribution in [0.25, 0.3) is 0 Å². The molecule has 1 amide bonds. The van der Waals surface area contributed by atoms with Gasteiger partial charge in [0.15, 0.2) is 0 Å². The molecule has 1 N–H and O–H groups in total. The molecule has 0 unspecified atom stereocenters. The van der Waals surface area contributed by atoms with E-state index in [9.17, 15) is 4.79 Å². The van der Waals surface area contributed by atoms with Crippen LogP contribution in [-0.2, 0) is 22.6 Å². The van der Waals surface area contributed by atoms with Crippen LogP contribution in [0.15, 0.2) is 30.6 Å². The zero-order valence-electron chi connectivity index (χ0n) is 20.4. The first-order chi connectivity index (χ1) is 14.4. The van der Waals surface area contributed by atoms with Crippen LogP contribution in [0.3, 0.4) is 0 Å². The average molecular weight is 446 g/mol. The first-order valence-electron chi connectivity index (χ1n) is 11.1. The third kappa shape index (κ3) is 8.14. The Hall–Kier alpha value is -2.12. The van der Waals surface area contributed by atoms with Crippen molar-refractivity contribution < 1.29 is 14.3 Å². The first kappa shape index (κ1) is 25.1. The van der Waals surface area contributed by atoms with Crippen LogP contribution >= 0.6 is 0 Å². The molecule has 6 nitrogen and oxygen atoms in total. The number of hydrogen-bond donors (Lipinski definition) is 1. The van der Waals surface area contributed by atoms with Gasteiger partial charge in [-0.2, -0.15) is 0 Å². The van der Waals surface area contributed by atoms with Gasteiger partial charge in [-0.05, 0) is 50.9 Å². The Labute approximate surface area is 188 Å². The molecule has 0 bridgehead atoms. The number of benzene rings is 1. The van der Waals surface area contributed by atoms with Crippen molar-refractivity contribution in [1.82, 2.24) is 9.55 Å². The normalized spacial score (nSPS) is 13.2. The van der Waals surface area contributed by atoms with Crippen molar-refractivity contribution in [3.8, 4) is 0 Å². The molecule has 0 fully saturated rings. The van der Waals surface area contributed by atoms with Gasteiger partial charge in [0, 0.05) is 32.0 Å². The summed E-state index contributed by atoms with van der Waals surface area (Å²) in [5.74, 6) is 0.161. The van der Waals surface area contributed by atoms with Gasteiger partial charge in [-0.3, -0.25) is 5.32 Å². The molecular formula is C24H39N3O3Si. The molecule has 0 spiro atoms. The minimum absolute atomic E-state index is 0.161. The van der Waals surface area contributed by atoms with E-state index < -0.39 is 19.8 Å². The van der Waals surface area contributed by atoms with Gasteiger partial charge in [0.05, 0.1) is 12.0 Å². The van der Waals surface area contributed by atoms with Crippen LogP contribution in [-0.4, -0.2) is 35.9 Å². The molecule has 1 aromatic heterocycles. The molecule has 2 aromatic rings. The molecule has 0 aliphatic heterocycles. The molecular weight excluding hydrogens is 406 g/mol. The molecule has 172 valence electrons. The summed E-state index contributed by atoms with van der Waals surface area (Å²) in [6.45, 7) is 18.2. The van der Waals surface area contributed by atoms with Gasteiger partial charge < -0.3 is 14.0 Å². The highest BCUT2D eigenvalue weighted by Crippen LogP contribution is 2.28. The fourth-order valence-corrected chi connectivity index (χ4v) is 4.04. The number of nitrogens with one attached hydrogen (secondary N) is 1. The maximum Gasteiger partial charge on any atom is 0.412 e. The predicted molar refractivity (Wildman–Crippen MR) is 130 cm³/mol. The number of rotatable bonds is 9. The zero-order chi connectivity index (χ0) is 23.2. The molecule has 1 atom stereocenters. The number of imidazole rings is 1. The van der Waals surface area contributed by atoms with Gasteiger partial charge in [0.25, 0.3) is 0 Å². The number of aromatic nitrogens is 2. The van der Waals surface area contributed by atoms with E-state index in [4.69, 9.17) is 9.47 Å². The molecule has 2 rings (SSSR count). The second-order valence-electron chi connectivity index (χ2n) is 10.2. The van der Waals surface area contributed by atoms with Crippen molar-refractivity contribution in [2.45, 2.75) is 85.0 Å². The van der Waals surface area contributed by atoms with Crippen molar-refractivity contribution in [2.24, 2.45) is 0 Å². The summed E-state index contributed by atoms with van der Waals surface area (Å²) in [6, 6.07) is 9.05. The lowest BCUT2D eigenvalue weighted by atomic mass is 9.95. The van der Waals surface area contributed by atoms with Crippen LogP contribution in [0.1, 0.15) is 57.5 Å². The minimum atomic E-state index is -1.10. The van der Waals surface area contributed by atoms with Crippen molar-refractivity contribution in [3.63, 3.8) is 0 Å². The van der Waals surface area contributed by atoms with E-state index >= 15 is 0 Å². The number of aryl methyl sites for hydroxylation is 1. The van der Waals surface area contributed by atoms with Gasteiger partial charge in [0.1, 0.15) is 12.3 Å². The van der Waals surface area contributed by atoms with E-state index in [1.54, 1.807) is 0 Å². The zero-order valence-corrected chi connectivity index (χ0v) is 21.4. The SMILES string of the molecule is CCc1ncn(COCC[Si](C)(C)C)c1[C@@H](C)c1ccc(NC(=O)OC(C)(C)C)cc1. The van der Waals surface area contributed by atoms with Gasteiger partial charge in [-0.25, -0.2) is 9.78 Å². The van der Waals surface area contributed by atoms with Gasteiger partial charge in [0.2, 0.25) is 0 Å². The lowest BCUT2D eigenvalue weighted by Crippen LogP contribution is -2.27. The monoisotopic (exact) mass is 445 g/mol. The number of nitrogens with zero attached hydrogens (tertiary/aromatic N) is 2. The van der Waals surface area contributed by atoms with Crippen LogP contribution in [0, 0.1) is 0 Å². The third-order valence-corrected chi connectivity index (χ3v) is 6.69. The Kier molecular flexibility index (Phi) is 8.48. The summed E-state index contributed by atoms with van der Waals surface area (Å²) in [6.07, 6.45) is 2.31. The van der Waals surface area contributed by atoms with Gasteiger partial charge in [-0.1, -0.05) is 45.6 Å². The number of carbonyl (C=O) groups is 1. The molecule has 1 heterocycles. The number of anilines is 1. The van der Waals surface area contributed by atoms with E-state index in [1.165, 1.54) is 5.69 Å². The Morgan fingerprint density at radius 2 is 1.84 bits per heavy atom. The minimum Gasteiger partial charge on any atom is -0.444 e. The topological polar surface area (TPSA) is 65.4 Å². The number of carbonyl (C=O) groups excluding carboxylic acids is 1. The maximum absolute atomic E-state index is 12.0. The third-order valence-electron chi connectivity index (χ3n) is 4.99. The second-order valence-corrected chi connectivity index (χ2v) is 15.8. The molecule has 0 radical (unpaired) electrons. The lowest BCUT2D eigenvalue weighted by molar-refractivity contribution is 0.0636. The summed E-state index contributed by atoms with van der Waals surface area (Å²) in [5.41, 5.74) is 3.63. The number of hydrogen-bond acceptors (Lipinski definition) is 4. The molecule has 0 aliphatic carbocycles. The number of ether oxygens (including phenoxy) is 2. The summed E-state index contributed by atoms with van der Waals surface area (Å²) in [5, 5.41) is 2.78. The summed E-state index contributed by atoms with van der Waals surface area (Å²) in [4.78, 5) is 16.6. The van der Waals surface area contributed by atoms with E-state index in [2.05, 4.69) is 48.4 Å². The number of amides is 1. The Morgan fingerprint density at radius 1 is 1.19 bits per heavy atom. The molecule has 0 saturated heterocycles. The Morgan fingerprint density at radius 3 is 2.39 bits per heavy atom. The van der Waals surface area contributed by atoms with Gasteiger partial charge >= 0.3 is 6.09 Å². The molecule has 0 aliphatic rings. The fourth-order valence-electron chi connectivity index (χ4n) is 3.28. The van der Waals surface area contributed by atoms with Crippen LogP contribution in [0.5, 0.6) is 0 Å². The summed E-state index contributed by atoms with van der Waals surface area (Å²) < 4.78 is 13.4. The quantitative estimate of drug-likeness (QED) is 0.365. The van der Waals surface area contributed by atoms with Crippen LogP contribution < -0.4 is 5.32 Å². The van der Waals surface area contributed by atoms with Crippen molar-refractivity contribution in [2.75, 3.05) is 11.9 Å². The van der Waals surface area contributed by atoms with E-state index in [-0.39, 0.29) is 5.92 Å². The molecule has 1 aromatic carbocycles. The predicted octanol–water partition coefficient (Wildman–Crippen LogP) is 6.26. The van der Waals surface area contributed by atoms with Crippen molar-refractivity contribution in [3.05, 3.63) is 47.5 Å². The summed E-state index contributed by atoms with van der Waals surface area (Å²) in [7, 11) is -1.10. The maximum atomic E-state index is 12.0. The highest BCUT2D eigenvalue weighted by Gasteiger charge is 2.20. The largest absolute Gasteiger partial charge is 0.444 e.